The summed E-state index contributed by atoms with van der Waals surface area (Å²) in [6, 6.07) is 7.90. The van der Waals surface area contributed by atoms with E-state index in [2.05, 4.69) is 19.2 Å². The van der Waals surface area contributed by atoms with E-state index >= 15 is 0 Å². The topological polar surface area (TPSA) is 92.5 Å². The van der Waals surface area contributed by atoms with E-state index in [9.17, 15) is 14.4 Å². The largest absolute Gasteiger partial charge is 0.346 e. The Hall–Kier alpha value is -1.92. The van der Waals surface area contributed by atoms with Gasteiger partial charge in [0.2, 0.25) is 11.8 Å². The number of halogens is 1. The highest BCUT2D eigenvalue weighted by Gasteiger charge is 2.27. The monoisotopic (exact) mass is 395 g/mol. The molecule has 0 spiro atoms. The van der Waals surface area contributed by atoms with Crippen molar-refractivity contribution in [3.63, 3.8) is 0 Å². The number of hydrogen-bond donors (Lipinski definition) is 2. The van der Waals surface area contributed by atoms with Gasteiger partial charge in [0.05, 0.1) is 13.1 Å². The summed E-state index contributed by atoms with van der Waals surface area (Å²) < 4.78 is 0. The van der Waals surface area contributed by atoms with Crippen LogP contribution in [0.3, 0.4) is 0 Å². The summed E-state index contributed by atoms with van der Waals surface area (Å²) in [5, 5.41) is 2.49. The Bertz CT molecular complexity index is 638. The molecule has 0 aromatic heterocycles. The van der Waals surface area contributed by atoms with E-state index in [1.165, 1.54) is 5.56 Å². The molecule has 0 aliphatic carbocycles. The number of carbonyl (C=O) groups is 3. The number of hydrogen-bond acceptors (Lipinski definition) is 4. The van der Waals surface area contributed by atoms with Crippen LogP contribution in [-0.4, -0.2) is 48.7 Å². The lowest BCUT2D eigenvalue weighted by molar-refractivity contribution is -0.133. The van der Waals surface area contributed by atoms with Gasteiger partial charge < -0.3 is 16.0 Å². The van der Waals surface area contributed by atoms with Gasteiger partial charge in [-0.15, -0.1) is 12.4 Å². The third-order valence-corrected chi connectivity index (χ3v) is 4.72. The van der Waals surface area contributed by atoms with Crippen molar-refractivity contribution in [3.8, 4) is 0 Å². The maximum absolute atomic E-state index is 12.7. The van der Waals surface area contributed by atoms with Gasteiger partial charge in [-0.2, -0.15) is 0 Å². The van der Waals surface area contributed by atoms with Crippen LogP contribution in [-0.2, 0) is 16.0 Å². The van der Waals surface area contributed by atoms with Crippen LogP contribution >= 0.6 is 12.4 Å². The first-order valence-corrected chi connectivity index (χ1v) is 9.28. The van der Waals surface area contributed by atoms with Crippen LogP contribution in [0, 0.1) is 11.8 Å². The number of nitrogens with two attached hydrogens (primary N) is 1. The number of amides is 2. The summed E-state index contributed by atoms with van der Waals surface area (Å²) in [7, 11) is 0. The number of rotatable bonds is 7. The molecular weight excluding hydrogens is 366 g/mol. The van der Waals surface area contributed by atoms with E-state index in [4.69, 9.17) is 5.73 Å². The van der Waals surface area contributed by atoms with E-state index in [1.54, 1.807) is 4.90 Å². The van der Waals surface area contributed by atoms with Crippen molar-refractivity contribution in [2.24, 2.45) is 17.6 Å². The molecule has 1 aliphatic rings. The number of ketones is 1. The highest BCUT2D eigenvalue weighted by atomic mass is 35.5. The highest BCUT2D eigenvalue weighted by Crippen LogP contribution is 2.22. The summed E-state index contributed by atoms with van der Waals surface area (Å²) in [5.74, 6) is 0.228. The average molecular weight is 396 g/mol. The second-order valence-corrected chi connectivity index (χ2v) is 7.30. The molecule has 7 heteroatoms. The van der Waals surface area contributed by atoms with Crippen LogP contribution in [0.15, 0.2) is 24.3 Å². The fraction of sp³-hybridized carbons (Fsp3) is 0.550. The van der Waals surface area contributed by atoms with Crippen LogP contribution < -0.4 is 11.1 Å². The van der Waals surface area contributed by atoms with Crippen LogP contribution in [0.5, 0.6) is 0 Å². The molecule has 150 valence electrons. The summed E-state index contributed by atoms with van der Waals surface area (Å²) >= 11 is 0. The van der Waals surface area contributed by atoms with E-state index in [1.807, 2.05) is 24.3 Å². The van der Waals surface area contributed by atoms with Crippen molar-refractivity contribution < 1.29 is 14.4 Å². The maximum atomic E-state index is 12.7. The average Bonchev–Trinajstić information content (AvgIpc) is 2.65. The Morgan fingerprint density at radius 3 is 2.26 bits per heavy atom. The summed E-state index contributed by atoms with van der Waals surface area (Å²) in [6.07, 6.45) is 2.32. The lowest BCUT2D eigenvalue weighted by Crippen LogP contribution is -2.45. The van der Waals surface area contributed by atoms with Crippen molar-refractivity contribution >= 4 is 30.0 Å². The fourth-order valence-corrected chi connectivity index (χ4v) is 3.26. The predicted molar refractivity (Wildman–Crippen MR) is 108 cm³/mol. The lowest BCUT2D eigenvalue weighted by atomic mass is 9.88. The van der Waals surface area contributed by atoms with E-state index in [-0.39, 0.29) is 49.0 Å². The highest BCUT2D eigenvalue weighted by molar-refractivity contribution is 5.98. The van der Waals surface area contributed by atoms with Gasteiger partial charge in [0.25, 0.3) is 0 Å². The number of nitrogens with zero attached hydrogens (tertiary/aromatic N) is 1. The van der Waals surface area contributed by atoms with E-state index in [0.29, 0.717) is 31.8 Å². The smallest absolute Gasteiger partial charge is 0.241 e. The zero-order valence-corrected chi connectivity index (χ0v) is 16.9. The summed E-state index contributed by atoms with van der Waals surface area (Å²) in [4.78, 5) is 37.6. The van der Waals surface area contributed by atoms with Crippen molar-refractivity contribution in [3.05, 3.63) is 35.4 Å². The van der Waals surface area contributed by atoms with Gasteiger partial charge in [-0.25, -0.2) is 0 Å². The molecule has 1 aliphatic heterocycles. The van der Waals surface area contributed by atoms with E-state index in [0.717, 1.165) is 12.0 Å². The zero-order chi connectivity index (χ0) is 19.1. The van der Waals surface area contributed by atoms with Gasteiger partial charge in [0, 0.05) is 24.6 Å². The molecule has 6 nitrogen and oxygen atoms in total. The molecule has 0 atom stereocenters. The zero-order valence-electron chi connectivity index (χ0n) is 16.1. The molecule has 0 radical (unpaired) electrons. The Balaban J connectivity index is 0.00000364. The van der Waals surface area contributed by atoms with Gasteiger partial charge in [0.15, 0.2) is 5.78 Å². The van der Waals surface area contributed by atoms with Crippen molar-refractivity contribution in [1.29, 1.82) is 0 Å². The number of Topliss-reactive ketones (excluding diaryl/α,β-unsaturated/α-hetero) is 1. The minimum atomic E-state index is -0.343. The molecule has 0 bridgehead atoms. The minimum absolute atomic E-state index is 0. The Morgan fingerprint density at radius 2 is 1.74 bits per heavy atom. The SMILES string of the molecule is CC(C)Cc1ccc(C(=O)C2CCN(C(=O)CNC(=O)CN)CC2)cc1.Cl. The standard InChI is InChI=1S/C20H29N3O3.ClH/c1-14(2)11-15-3-5-16(6-4-15)20(26)17-7-9-23(10-8-17)19(25)13-22-18(24)12-21;/h3-6,14,17H,7-13,21H2,1-2H3,(H,22,24);1H. The molecule has 1 heterocycles. The Morgan fingerprint density at radius 1 is 1.15 bits per heavy atom. The van der Waals surface area contributed by atoms with Gasteiger partial charge in [0.1, 0.15) is 0 Å². The molecule has 0 saturated carbocycles. The van der Waals surface area contributed by atoms with Crippen LogP contribution in [0.2, 0.25) is 0 Å². The molecule has 27 heavy (non-hydrogen) atoms. The van der Waals surface area contributed by atoms with Gasteiger partial charge in [-0.3, -0.25) is 14.4 Å². The second kappa shape index (κ2) is 11.0. The van der Waals surface area contributed by atoms with Gasteiger partial charge in [-0.05, 0) is 30.7 Å². The predicted octanol–water partition coefficient (Wildman–Crippen LogP) is 1.80. The normalized spacial score (nSPS) is 14.6. The van der Waals surface area contributed by atoms with Crippen LogP contribution in [0.4, 0.5) is 0 Å². The first-order chi connectivity index (χ1) is 12.4. The molecule has 3 N–H and O–H groups in total. The Kier molecular flexibility index (Phi) is 9.46. The minimum Gasteiger partial charge on any atom is -0.346 e. The fourth-order valence-electron chi connectivity index (χ4n) is 3.26. The number of carbonyl (C=O) groups excluding carboxylic acids is 3. The van der Waals surface area contributed by atoms with E-state index < -0.39 is 0 Å². The molecule has 1 fully saturated rings. The molecule has 2 amide bonds. The number of likely N-dealkylation sites (tertiary alicyclic amines) is 1. The third kappa shape index (κ3) is 6.96. The number of nitrogens with one attached hydrogen (secondary N) is 1. The van der Waals surface area contributed by atoms with Gasteiger partial charge in [-0.1, -0.05) is 38.1 Å². The van der Waals surface area contributed by atoms with Crippen molar-refractivity contribution in [2.45, 2.75) is 33.1 Å². The Labute approximate surface area is 167 Å². The lowest BCUT2D eigenvalue weighted by Gasteiger charge is -2.31. The molecule has 0 unspecified atom stereocenters. The molecule has 2 rings (SSSR count). The van der Waals surface area contributed by atoms with Crippen LogP contribution in [0.1, 0.15) is 42.6 Å². The summed E-state index contributed by atoms with van der Waals surface area (Å²) in [5.41, 5.74) is 7.20. The first kappa shape index (κ1) is 23.1. The quantitative estimate of drug-likeness (QED) is 0.688. The van der Waals surface area contributed by atoms with Crippen molar-refractivity contribution in [1.82, 2.24) is 10.2 Å². The van der Waals surface area contributed by atoms with Crippen molar-refractivity contribution in [2.75, 3.05) is 26.2 Å². The first-order valence-electron chi connectivity index (χ1n) is 9.28. The second-order valence-electron chi connectivity index (χ2n) is 7.30. The molecular formula is C20H30ClN3O3. The number of benzene rings is 1. The number of piperidine rings is 1. The summed E-state index contributed by atoms with van der Waals surface area (Å²) in [6.45, 7) is 5.27. The maximum Gasteiger partial charge on any atom is 0.241 e. The van der Waals surface area contributed by atoms with Gasteiger partial charge >= 0.3 is 0 Å². The molecule has 1 aromatic rings. The van der Waals surface area contributed by atoms with Crippen LogP contribution in [0.25, 0.3) is 0 Å². The third-order valence-electron chi connectivity index (χ3n) is 4.72. The molecule has 1 saturated heterocycles. The molecule has 1 aromatic carbocycles.